The molecule has 3 nitrogen and oxygen atoms in total. The van der Waals surface area contributed by atoms with Crippen molar-refractivity contribution in [3.05, 3.63) is 40.2 Å². The van der Waals surface area contributed by atoms with Gasteiger partial charge in [0.25, 0.3) is 0 Å². The van der Waals surface area contributed by atoms with Crippen molar-refractivity contribution in [2.45, 2.75) is 12.8 Å². The summed E-state index contributed by atoms with van der Waals surface area (Å²) in [6.07, 6.45) is 1.85. The molecule has 1 aliphatic heterocycles. The molecule has 3 heteroatoms. The molecule has 2 aromatic rings. The van der Waals surface area contributed by atoms with Gasteiger partial charge in [0, 0.05) is 19.0 Å². The number of para-hydroxylation sites is 1. The van der Waals surface area contributed by atoms with Crippen LogP contribution < -0.4 is 10.5 Å². The maximum Gasteiger partial charge on any atom is 0.341 e. The van der Waals surface area contributed by atoms with Crippen LogP contribution >= 0.6 is 0 Å². The predicted molar refractivity (Wildman–Crippen MR) is 64.1 cm³/mol. The highest BCUT2D eigenvalue weighted by Gasteiger charge is 2.20. The van der Waals surface area contributed by atoms with E-state index in [1.54, 1.807) is 0 Å². The Morgan fingerprint density at radius 3 is 3.00 bits per heavy atom. The van der Waals surface area contributed by atoms with Crippen LogP contribution in [0.5, 0.6) is 0 Å². The lowest BCUT2D eigenvalue weighted by molar-refractivity contribution is 0.542. The van der Waals surface area contributed by atoms with Gasteiger partial charge in [-0.25, -0.2) is 4.79 Å². The Balaban J connectivity index is 2.45. The molecule has 0 amide bonds. The van der Waals surface area contributed by atoms with Crippen LogP contribution in [0, 0.1) is 0 Å². The van der Waals surface area contributed by atoms with Crippen molar-refractivity contribution in [1.82, 2.24) is 0 Å². The lowest BCUT2D eigenvalue weighted by atomic mass is 10.0. The maximum atomic E-state index is 11.8. The monoisotopic (exact) mass is 215 g/mol. The molecule has 1 aliphatic rings. The van der Waals surface area contributed by atoms with E-state index in [2.05, 4.69) is 4.90 Å². The summed E-state index contributed by atoms with van der Waals surface area (Å²) in [6.45, 7) is 1.00. The number of hydrogen-bond donors (Lipinski definition) is 0. The fourth-order valence-corrected chi connectivity index (χ4v) is 2.43. The smallest absolute Gasteiger partial charge is 0.341 e. The van der Waals surface area contributed by atoms with Gasteiger partial charge in [-0.05, 0) is 25.0 Å². The first-order chi connectivity index (χ1) is 7.77. The second-order valence-electron chi connectivity index (χ2n) is 4.24. The SMILES string of the molecule is CN1CCCc2c1c1ccccc1oc2=O. The third kappa shape index (κ3) is 1.24. The predicted octanol–water partition coefficient (Wildman–Crippen LogP) is 2.18. The van der Waals surface area contributed by atoms with Gasteiger partial charge in [-0.15, -0.1) is 0 Å². The van der Waals surface area contributed by atoms with Gasteiger partial charge in [-0.2, -0.15) is 0 Å². The molecule has 0 spiro atoms. The molecule has 0 N–H and O–H groups in total. The van der Waals surface area contributed by atoms with Gasteiger partial charge in [-0.3, -0.25) is 0 Å². The lowest BCUT2D eigenvalue weighted by Gasteiger charge is -2.27. The summed E-state index contributed by atoms with van der Waals surface area (Å²) in [4.78, 5) is 14.0. The summed E-state index contributed by atoms with van der Waals surface area (Å²) in [5, 5.41) is 1.04. The molecule has 0 radical (unpaired) electrons. The fraction of sp³-hybridized carbons (Fsp3) is 0.308. The summed E-state index contributed by atoms with van der Waals surface area (Å²) >= 11 is 0. The van der Waals surface area contributed by atoms with E-state index in [1.807, 2.05) is 31.3 Å². The van der Waals surface area contributed by atoms with E-state index in [9.17, 15) is 4.79 Å². The highest BCUT2D eigenvalue weighted by atomic mass is 16.4. The van der Waals surface area contributed by atoms with Crippen molar-refractivity contribution in [2.24, 2.45) is 0 Å². The molecule has 0 bridgehead atoms. The zero-order chi connectivity index (χ0) is 11.1. The second-order valence-corrected chi connectivity index (χ2v) is 4.24. The van der Waals surface area contributed by atoms with E-state index < -0.39 is 0 Å². The highest BCUT2D eigenvalue weighted by molar-refractivity contribution is 5.92. The zero-order valence-corrected chi connectivity index (χ0v) is 9.19. The Morgan fingerprint density at radius 2 is 2.12 bits per heavy atom. The third-order valence-corrected chi connectivity index (χ3v) is 3.18. The Kier molecular flexibility index (Phi) is 1.99. The molecule has 0 aliphatic carbocycles. The lowest BCUT2D eigenvalue weighted by Crippen LogP contribution is -2.28. The van der Waals surface area contributed by atoms with Gasteiger partial charge < -0.3 is 9.32 Å². The van der Waals surface area contributed by atoms with E-state index in [1.165, 1.54) is 0 Å². The van der Waals surface area contributed by atoms with E-state index in [4.69, 9.17) is 4.42 Å². The maximum absolute atomic E-state index is 11.8. The van der Waals surface area contributed by atoms with Gasteiger partial charge in [0.15, 0.2) is 0 Å². The number of anilines is 1. The molecule has 0 atom stereocenters. The Labute approximate surface area is 93.3 Å². The molecule has 1 aromatic heterocycles. The van der Waals surface area contributed by atoms with Gasteiger partial charge >= 0.3 is 5.63 Å². The Morgan fingerprint density at radius 1 is 1.31 bits per heavy atom. The Bertz CT molecular complexity index is 600. The molecule has 0 saturated carbocycles. The minimum Gasteiger partial charge on any atom is -0.422 e. The molecular formula is C13H13NO2. The van der Waals surface area contributed by atoms with Crippen LogP contribution in [0.15, 0.2) is 33.5 Å². The molecule has 16 heavy (non-hydrogen) atoms. The first-order valence-electron chi connectivity index (χ1n) is 5.53. The topological polar surface area (TPSA) is 33.5 Å². The Hall–Kier alpha value is -1.77. The van der Waals surface area contributed by atoms with Crippen LogP contribution in [-0.4, -0.2) is 13.6 Å². The molecule has 0 fully saturated rings. The van der Waals surface area contributed by atoms with Crippen LogP contribution in [-0.2, 0) is 6.42 Å². The molecule has 82 valence electrons. The standard InChI is InChI=1S/C13H13NO2/c1-14-8-4-6-10-12(14)9-5-2-3-7-11(9)16-13(10)15/h2-3,5,7H,4,6,8H2,1H3. The first kappa shape index (κ1) is 9.46. The molecule has 3 rings (SSSR count). The quantitative estimate of drug-likeness (QED) is 0.631. The van der Waals surface area contributed by atoms with Crippen LogP contribution in [0.4, 0.5) is 5.69 Å². The molecular weight excluding hydrogens is 202 g/mol. The van der Waals surface area contributed by atoms with Crippen molar-refractivity contribution in [1.29, 1.82) is 0 Å². The molecule has 0 unspecified atom stereocenters. The summed E-state index contributed by atoms with van der Waals surface area (Å²) in [5.41, 5.74) is 2.38. The van der Waals surface area contributed by atoms with Crippen molar-refractivity contribution in [2.75, 3.05) is 18.5 Å². The van der Waals surface area contributed by atoms with Gasteiger partial charge in [0.05, 0.1) is 11.3 Å². The number of benzene rings is 1. The van der Waals surface area contributed by atoms with E-state index in [0.29, 0.717) is 5.58 Å². The van der Waals surface area contributed by atoms with Crippen LogP contribution in [0.3, 0.4) is 0 Å². The normalized spacial score (nSPS) is 15.2. The van der Waals surface area contributed by atoms with Crippen LogP contribution in [0.1, 0.15) is 12.0 Å². The van der Waals surface area contributed by atoms with Crippen molar-refractivity contribution >= 4 is 16.7 Å². The van der Waals surface area contributed by atoms with Crippen LogP contribution in [0.2, 0.25) is 0 Å². The van der Waals surface area contributed by atoms with Crippen molar-refractivity contribution in [3.8, 4) is 0 Å². The molecule has 2 heterocycles. The van der Waals surface area contributed by atoms with E-state index >= 15 is 0 Å². The summed E-state index contributed by atoms with van der Waals surface area (Å²) in [6, 6.07) is 7.73. The van der Waals surface area contributed by atoms with Crippen molar-refractivity contribution < 1.29 is 4.42 Å². The third-order valence-electron chi connectivity index (χ3n) is 3.18. The zero-order valence-electron chi connectivity index (χ0n) is 9.19. The molecule has 0 saturated heterocycles. The number of rotatable bonds is 0. The van der Waals surface area contributed by atoms with E-state index in [0.717, 1.165) is 36.0 Å². The summed E-state index contributed by atoms with van der Waals surface area (Å²) < 4.78 is 5.33. The highest BCUT2D eigenvalue weighted by Crippen LogP contribution is 2.31. The van der Waals surface area contributed by atoms with E-state index in [-0.39, 0.29) is 5.63 Å². The average molecular weight is 215 g/mol. The summed E-state index contributed by atoms with van der Waals surface area (Å²) in [7, 11) is 2.03. The van der Waals surface area contributed by atoms with Crippen LogP contribution in [0.25, 0.3) is 11.0 Å². The number of fused-ring (bicyclic) bond motifs is 3. The van der Waals surface area contributed by atoms with Gasteiger partial charge in [0.2, 0.25) is 0 Å². The largest absolute Gasteiger partial charge is 0.422 e. The fourth-order valence-electron chi connectivity index (χ4n) is 2.43. The average Bonchev–Trinajstić information content (AvgIpc) is 2.30. The van der Waals surface area contributed by atoms with Gasteiger partial charge in [0.1, 0.15) is 5.58 Å². The minimum absolute atomic E-state index is 0.180. The minimum atomic E-state index is -0.180. The first-order valence-corrected chi connectivity index (χ1v) is 5.53. The van der Waals surface area contributed by atoms with Crippen molar-refractivity contribution in [3.63, 3.8) is 0 Å². The number of nitrogens with zero attached hydrogens (tertiary/aromatic N) is 1. The summed E-state index contributed by atoms with van der Waals surface area (Å²) in [5.74, 6) is 0. The van der Waals surface area contributed by atoms with Gasteiger partial charge in [-0.1, -0.05) is 12.1 Å². The molecule has 1 aromatic carbocycles. The number of hydrogen-bond acceptors (Lipinski definition) is 3. The second kappa shape index (κ2) is 3.37.